The first kappa shape index (κ1) is 8.21. The van der Waals surface area contributed by atoms with Crippen molar-refractivity contribution in [1.82, 2.24) is 4.90 Å². The van der Waals surface area contributed by atoms with Gasteiger partial charge >= 0.3 is 0 Å². The van der Waals surface area contributed by atoms with Gasteiger partial charge in [-0.25, -0.2) is 0 Å². The maximum atomic E-state index is 4.00. The molecule has 0 bridgehead atoms. The van der Waals surface area contributed by atoms with Gasteiger partial charge in [0.1, 0.15) is 0 Å². The standard InChI is InChI=1S/C7H14N2/c1-5-6-9(4)7(2)8-3/h5-6H,1-4H3/b6-5+,8-7?. The summed E-state index contributed by atoms with van der Waals surface area (Å²) in [5.41, 5.74) is 0. The molecule has 0 aliphatic heterocycles. The lowest BCUT2D eigenvalue weighted by Crippen LogP contribution is -2.16. The van der Waals surface area contributed by atoms with Gasteiger partial charge in [-0.2, -0.15) is 0 Å². The molecule has 0 rings (SSSR count). The Morgan fingerprint density at radius 1 is 1.56 bits per heavy atom. The van der Waals surface area contributed by atoms with Crippen molar-refractivity contribution in [2.45, 2.75) is 13.8 Å². The average Bonchev–Trinajstić information content (AvgIpc) is 1.87. The molecule has 0 aliphatic carbocycles. The van der Waals surface area contributed by atoms with E-state index in [4.69, 9.17) is 0 Å². The molecule has 0 aliphatic rings. The van der Waals surface area contributed by atoms with Crippen LogP contribution in [0, 0.1) is 0 Å². The predicted molar refractivity (Wildman–Crippen MR) is 41.6 cm³/mol. The topological polar surface area (TPSA) is 15.6 Å². The van der Waals surface area contributed by atoms with E-state index < -0.39 is 0 Å². The Morgan fingerprint density at radius 3 is 2.44 bits per heavy atom. The SMILES string of the molecule is C/C=C/N(C)C(C)=NC. The fraction of sp³-hybridized carbons (Fsp3) is 0.571. The zero-order valence-electron chi connectivity index (χ0n) is 6.55. The smallest absolute Gasteiger partial charge is 0.0990 e. The molecule has 0 unspecified atom stereocenters. The Kier molecular flexibility index (Phi) is 3.76. The van der Waals surface area contributed by atoms with Crippen molar-refractivity contribution in [3.63, 3.8) is 0 Å². The van der Waals surface area contributed by atoms with Crippen molar-refractivity contribution in [1.29, 1.82) is 0 Å². The zero-order chi connectivity index (χ0) is 7.28. The van der Waals surface area contributed by atoms with Crippen LogP contribution >= 0.6 is 0 Å². The Hall–Kier alpha value is -0.790. The molecule has 2 nitrogen and oxygen atoms in total. The van der Waals surface area contributed by atoms with Crippen LogP contribution in [0.4, 0.5) is 0 Å². The van der Waals surface area contributed by atoms with E-state index in [2.05, 4.69) is 4.99 Å². The van der Waals surface area contributed by atoms with Gasteiger partial charge in [-0.15, -0.1) is 0 Å². The van der Waals surface area contributed by atoms with Crippen molar-refractivity contribution < 1.29 is 0 Å². The molecule has 9 heavy (non-hydrogen) atoms. The third kappa shape index (κ3) is 2.90. The van der Waals surface area contributed by atoms with Gasteiger partial charge in [0.15, 0.2) is 0 Å². The second kappa shape index (κ2) is 4.13. The van der Waals surface area contributed by atoms with Crippen LogP contribution in [0.15, 0.2) is 17.3 Å². The third-order valence-electron chi connectivity index (χ3n) is 1.21. The molecule has 2 heteroatoms. The fourth-order valence-corrected chi connectivity index (χ4v) is 0.489. The van der Waals surface area contributed by atoms with Crippen molar-refractivity contribution >= 4 is 5.84 Å². The van der Waals surface area contributed by atoms with Gasteiger partial charge in [0, 0.05) is 20.3 Å². The number of allylic oxidation sites excluding steroid dienone is 1. The highest BCUT2D eigenvalue weighted by Gasteiger charge is 1.89. The first-order chi connectivity index (χ1) is 4.22. The summed E-state index contributed by atoms with van der Waals surface area (Å²) >= 11 is 0. The van der Waals surface area contributed by atoms with Crippen LogP contribution in [0.25, 0.3) is 0 Å². The van der Waals surface area contributed by atoms with Gasteiger partial charge in [-0.1, -0.05) is 6.08 Å². The van der Waals surface area contributed by atoms with Crippen LogP contribution in [0.5, 0.6) is 0 Å². The maximum absolute atomic E-state index is 4.00. The Morgan fingerprint density at radius 2 is 2.11 bits per heavy atom. The molecule has 0 aromatic carbocycles. The number of rotatable bonds is 1. The quantitative estimate of drug-likeness (QED) is 0.384. The molecule has 0 radical (unpaired) electrons. The zero-order valence-corrected chi connectivity index (χ0v) is 6.55. The van der Waals surface area contributed by atoms with E-state index in [9.17, 15) is 0 Å². The molecule has 0 amide bonds. The molecule has 0 aromatic rings. The normalized spacial score (nSPS) is 12.7. The Bertz CT molecular complexity index is 125. The minimum absolute atomic E-state index is 1.02. The fourth-order valence-electron chi connectivity index (χ4n) is 0.489. The van der Waals surface area contributed by atoms with Gasteiger partial charge < -0.3 is 4.90 Å². The lowest BCUT2D eigenvalue weighted by atomic mass is 10.5. The number of nitrogens with zero attached hydrogens (tertiary/aromatic N) is 2. The minimum atomic E-state index is 1.02. The predicted octanol–water partition coefficient (Wildman–Crippen LogP) is 1.50. The van der Waals surface area contributed by atoms with Crippen molar-refractivity contribution in [3.05, 3.63) is 12.3 Å². The highest BCUT2D eigenvalue weighted by atomic mass is 15.1. The largest absolute Gasteiger partial charge is 0.340 e. The molecule has 0 spiro atoms. The number of amidine groups is 1. The highest BCUT2D eigenvalue weighted by molar-refractivity contribution is 5.80. The van der Waals surface area contributed by atoms with Crippen molar-refractivity contribution in [2.75, 3.05) is 14.1 Å². The van der Waals surface area contributed by atoms with Gasteiger partial charge in [0.05, 0.1) is 5.84 Å². The monoisotopic (exact) mass is 126 g/mol. The lowest BCUT2D eigenvalue weighted by Gasteiger charge is -2.11. The van der Waals surface area contributed by atoms with Crippen LogP contribution in [0.3, 0.4) is 0 Å². The van der Waals surface area contributed by atoms with Crippen LogP contribution in [0.1, 0.15) is 13.8 Å². The van der Waals surface area contributed by atoms with Gasteiger partial charge in [-0.05, 0) is 13.8 Å². The first-order valence-corrected chi connectivity index (χ1v) is 3.01. The van der Waals surface area contributed by atoms with Crippen LogP contribution in [0.2, 0.25) is 0 Å². The Balaban J connectivity index is 3.88. The molecule has 0 heterocycles. The summed E-state index contributed by atoms with van der Waals surface area (Å²) in [5.74, 6) is 1.02. The van der Waals surface area contributed by atoms with Crippen molar-refractivity contribution in [2.24, 2.45) is 4.99 Å². The van der Waals surface area contributed by atoms with Gasteiger partial charge in [0.25, 0.3) is 0 Å². The van der Waals surface area contributed by atoms with Crippen molar-refractivity contribution in [3.8, 4) is 0 Å². The second-order valence-electron chi connectivity index (χ2n) is 1.86. The summed E-state index contributed by atoms with van der Waals surface area (Å²) in [6.07, 6.45) is 3.96. The highest BCUT2D eigenvalue weighted by Crippen LogP contribution is 1.86. The Labute approximate surface area is 56.9 Å². The molecule has 0 saturated carbocycles. The molecule has 52 valence electrons. The third-order valence-corrected chi connectivity index (χ3v) is 1.21. The van der Waals surface area contributed by atoms with E-state index in [1.54, 1.807) is 7.05 Å². The van der Waals surface area contributed by atoms with E-state index in [1.807, 2.05) is 38.1 Å². The summed E-state index contributed by atoms with van der Waals surface area (Å²) in [7, 11) is 3.76. The van der Waals surface area contributed by atoms with E-state index in [1.165, 1.54) is 0 Å². The van der Waals surface area contributed by atoms with Gasteiger partial charge in [0.2, 0.25) is 0 Å². The summed E-state index contributed by atoms with van der Waals surface area (Å²) in [6.45, 7) is 3.96. The summed E-state index contributed by atoms with van der Waals surface area (Å²) in [4.78, 5) is 5.97. The van der Waals surface area contributed by atoms with Crippen LogP contribution < -0.4 is 0 Å². The van der Waals surface area contributed by atoms with Crippen LogP contribution in [-0.2, 0) is 0 Å². The second-order valence-corrected chi connectivity index (χ2v) is 1.86. The molecular formula is C7H14N2. The summed E-state index contributed by atoms with van der Waals surface area (Å²) in [6, 6.07) is 0. The van der Waals surface area contributed by atoms with E-state index >= 15 is 0 Å². The molecule has 0 atom stereocenters. The average molecular weight is 126 g/mol. The summed E-state index contributed by atoms with van der Waals surface area (Å²) < 4.78 is 0. The molecular weight excluding hydrogens is 112 g/mol. The lowest BCUT2D eigenvalue weighted by molar-refractivity contribution is 0.680. The van der Waals surface area contributed by atoms with E-state index in [0.717, 1.165) is 5.84 Å². The minimum Gasteiger partial charge on any atom is -0.340 e. The van der Waals surface area contributed by atoms with E-state index in [0.29, 0.717) is 0 Å². The molecule has 0 saturated heterocycles. The first-order valence-electron chi connectivity index (χ1n) is 3.01. The van der Waals surface area contributed by atoms with E-state index in [-0.39, 0.29) is 0 Å². The number of aliphatic imine (C=N–C) groups is 1. The molecule has 0 N–H and O–H groups in total. The molecule has 0 aromatic heterocycles. The number of hydrogen-bond donors (Lipinski definition) is 0. The molecule has 0 fully saturated rings. The number of hydrogen-bond acceptors (Lipinski definition) is 1. The maximum Gasteiger partial charge on any atom is 0.0990 e. The van der Waals surface area contributed by atoms with Crippen LogP contribution in [-0.4, -0.2) is 24.8 Å². The summed E-state index contributed by atoms with van der Waals surface area (Å²) in [5, 5.41) is 0. The van der Waals surface area contributed by atoms with Gasteiger partial charge in [-0.3, -0.25) is 4.99 Å².